The molecule has 0 radical (unpaired) electrons. The molecular formula is C13H13BrN2. The molecule has 16 heavy (non-hydrogen) atoms. The predicted octanol–water partition coefficient (Wildman–Crippen LogP) is 3.80. The highest BCUT2D eigenvalue weighted by atomic mass is 79.9. The van der Waals surface area contributed by atoms with E-state index in [4.69, 9.17) is 5.73 Å². The van der Waals surface area contributed by atoms with Gasteiger partial charge in [0.2, 0.25) is 0 Å². The molecule has 0 heterocycles. The second-order valence-electron chi connectivity index (χ2n) is 3.61. The van der Waals surface area contributed by atoms with Crippen LogP contribution in [0.15, 0.2) is 53.0 Å². The number of para-hydroxylation sites is 1. The second-order valence-corrected chi connectivity index (χ2v) is 4.46. The maximum Gasteiger partial charge on any atom is 0.0552 e. The van der Waals surface area contributed by atoms with Crippen molar-refractivity contribution in [3.8, 4) is 0 Å². The lowest BCUT2D eigenvalue weighted by atomic mass is 10.2. The van der Waals surface area contributed by atoms with Gasteiger partial charge in [0.15, 0.2) is 0 Å². The van der Waals surface area contributed by atoms with Crippen LogP contribution in [0.25, 0.3) is 0 Å². The van der Waals surface area contributed by atoms with Crippen molar-refractivity contribution in [3.05, 3.63) is 53.0 Å². The van der Waals surface area contributed by atoms with E-state index in [-0.39, 0.29) is 0 Å². The van der Waals surface area contributed by atoms with E-state index in [0.29, 0.717) is 0 Å². The molecule has 0 aliphatic heterocycles. The first kappa shape index (κ1) is 11.0. The third kappa shape index (κ3) is 2.19. The Morgan fingerprint density at radius 2 is 1.81 bits per heavy atom. The number of benzene rings is 2. The molecule has 2 rings (SSSR count). The number of hydrogen-bond donors (Lipinski definition) is 1. The number of halogens is 1. The molecule has 3 heteroatoms. The average molecular weight is 277 g/mol. The van der Waals surface area contributed by atoms with Gasteiger partial charge in [0, 0.05) is 22.9 Å². The van der Waals surface area contributed by atoms with Gasteiger partial charge < -0.3 is 10.6 Å². The molecule has 0 saturated heterocycles. The lowest BCUT2D eigenvalue weighted by molar-refractivity contribution is 1.20. The van der Waals surface area contributed by atoms with Crippen LogP contribution >= 0.6 is 15.9 Å². The van der Waals surface area contributed by atoms with Gasteiger partial charge in [0.25, 0.3) is 0 Å². The SMILES string of the molecule is CN(c1cccc(N)c1)c1ccccc1Br. The van der Waals surface area contributed by atoms with E-state index in [0.717, 1.165) is 21.5 Å². The first-order valence-electron chi connectivity index (χ1n) is 5.02. The van der Waals surface area contributed by atoms with Crippen LogP contribution in [0.3, 0.4) is 0 Å². The molecule has 0 aliphatic carbocycles. The van der Waals surface area contributed by atoms with E-state index in [1.54, 1.807) is 0 Å². The highest BCUT2D eigenvalue weighted by molar-refractivity contribution is 9.10. The number of nitrogen functional groups attached to an aromatic ring is 1. The molecule has 0 aliphatic rings. The van der Waals surface area contributed by atoms with Gasteiger partial charge in [-0.25, -0.2) is 0 Å². The third-order valence-corrected chi connectivity index (χ3v) is 3.14. The predicted molar refractivity (Wildman–Crippen MR) is 73.1 cm³/mol. The van der Waals surface area contributed by atoms with Gasteiger partial charge in [-0.2, -0.15) is 0 Å². The number of anilines is 3. The Labute approximate surface area is 104 Å². The molecule has 0 fully saturated rings. The minimum Gasteiger partial charge on any atom is -0.399 e. The minimum atomic E-state index is 0.774. The number of rotatable bonds is 2. The van der Waals surface area contributed by atoms with Gasteiger partial charge in [-0.3, -0.25) is 0 Å². The van der Waals surface area contributed by atoms with E-state index in [1.165, 1.54) is 0 Å². The fourth-order valence-corrected chi connectivity index (χ4v) is 2.15. The van der Waals surface area contributed by atoms with Crippen molar-refractivity contribution in [3.63, 3.8) is 0 Å². The number of nitrogens with two attached hydrogens (primary N) is 1. The summed E-state index contributed by atoms with van der Waals surface area (Å²) in [6.07, 6.45) is 0. The highest BCUT2D eigenvalue weighted by Gasteiger charge is 2.06. The fraction of sp³-hybridized carbons (Fsp3) is 0.0769. The van der Waals surface area contributed by atoms with E-state index in [2.05, 4.69) is 26.9 Å². The van der Waals surface area contributed by atoms with Crippen molar-refractivity contribution in [1.29, 1.82) is 0 Å². The summed E-state index contributed by atoms with van der Waals surface area (Å²) in [5, 5.41) is 0. The smallest absolute Gasteiger partial charge is 0.0552 e. The largest absolute Gasteiger partial charge is 0.399 e. The summed E-state index contributed by atoms with van der Waals surface area (Å²) in [6, 6.07) is 15.9. The summed E-state index contributed by atoms with van der Waals surface area (Å²) in [6.45, 7) is 0. The molecule has 2 aromatic rings. The Bertz CT molecular complexity index is 497. The lowest BCUT2D eigenvalue weighted by Gasteiger charge is -2.21. The van der Waals surface area contributed by atoms with Gasteiger partial charge in [-0.15, -0.1) is 0 Å². The fourth-order valence-electron chi connectivity index (χ4n) is 1.60. The Balaban J connectivity index is 2.39. The molecule has 0 saturated carbocycles. The van der Waals surface area contributed by atoms with Crippen molar-refractivity contribution >= 4 is 33.0 Å². The van der Waals surface area contributed by atoms with Gasteiger partial charge in [-0.05, 0) is 46.3 Å². The molecule has 0 atom stereocenters. The zero-order valence-corrected chi connectivity index (χ0v) is 10.6. The summed E-state index contributed by atoms with van der Waals surface area (Å²) in [4.78, 5) is 2.10. The number of nitrogens with zero attached hydrogens (tertiary/aromatic N) is 1. The third-order valence-electron chi connectivity index (χ3n) is 2.47. The second kappa shape index (κ2) is 4.58. The van der Waals surface area contributed by atoms with Crippen LogP contribution < -0.4 is 10.6 Å². The maximum atomic E-state index is 5.77. The summed E-state index contributed by atoms with van der Waals surface area (Å²) < 4.78 is 1.07. The van der Waals surface area contributed by atoms with E-state index in [9.17, 15) is 0 Å². The van der Waals surface area contributed by atoms with Gasteiger partial charge >= 0.3 is 0 Å². The van der Waals surface area contributed by atoms with Crippen LogP contribution in [-0.2, 0) is 0 Å². The molecule has 82 valence electrons. The zero-order chi connectivity index (χ0) is 11.5. The standard InChI is InChI=1S/C13H13BrN2/c1-16(11-6-4-5-10(15)9-11)13-8-3-2-7-12(13)14/h2-9H,15H2,1H3. The summed E-state index contributed by atoms with van der Waals surface area (Å²) in [7, 11) is 2.02. The van der Waals surface area contributed by atoms with Crippen molar-refractivity contribution < 1.29 is 0 Å². The van der Waals surface area contributed by atoms with Crippen LogP contribution in [0.5, 0.6) is 0 Å². The van der Waals surface area contributed by atoms with E-state index < -0.39 is 0 Å². The van der Waals surface area contributed by atoms with Crippen LogP contribution in [0.2, 0.25) is 0 Å². The molecule has 2 N–H and O–H groups in total. The van der Waals surface area contributed by atoms with Crippen LogP contribution in [-0.4, -0.2) is 7.05 Å². The Morgan fingerprint density at radius 3 is 2.50 bits per heavy atom. The Morgan fingerprint density at radius 1 is 1.06 bits per heavy atom. The zero-order valence-electron chi connectivity index (χ0n) is 9.02. The maximum absolute atomic E-state index is 5.77. The minimum absolute atomic E-state index is 0.774. The molecular weight excluding hydrogens is 264 g/mol. The summed E-state index contributed by atoms with van der Waals surface area (Å²) in [5.41, 5.74) is 8.74. The normalized spacial score (nSPS) is 10.1. The van der Waals surface area contributed by atoms with Crippen LogP contribution in [0.4, 0.5) is 17.1 Å². The summed E-state index contributed by atoms with van der Waals surface area (Å²) in [5.74, 6) is 0. The Kier molecular flexibility index (Phi) is 3.15. The molecule has 0 aromatic heterocycles. The number of hydrogen-bond acceptors (Lipinski definition) is 2. The molecule has 2 aromatic carbocycles. The molecule has 0 spiro atoms. The van der Waals surface area contributed by atoms with Crippen molar-refractivity contribution in [2.45, 2.75) is 0 Å². The van der Waals surface area contributed by atoms with Gasteiger partial charge in [0.1, 0.15) is 0 Å². The molecule has 0 amide bonds. The van der Waals surface area contributed by atoms with Crippen molar-refractivity contribution in [2.24, 2.45) is 0 Å². The molecule has 0 bridgehead atoms. The monoisotopic (exact) mass is 276 g/mol. The summed E-state index contributed by atoms with van der Waals surface area (Å²) >= 11 is 3.54. The average Bonchev–Trinajstić information content (AvgIpc) is 2.29. The van der Waals surface area contributed by atoms with Gasteiger partial charge in [0.05, 0.1) is 5.69 Å². The highest BCUT2D eigenvalue weighted by Crippen LogP contribution is 2.30. The lowest BCUT2D eigenvalue weighted by Crippen LogP contribution is -2.10. The topological polar surface area (TPSA) is 29.3 Å². The van der Waals surface area contributed by atoms with Crippen LogP contribution in [0.1, 0.15) is 0 Å². The first-order chi connectivity index (χ1) is 7.68. The van der Waals surface area contributed by atoms with Crippen molar-refractivity contribution in [2.75, 3.05) is 17.7 Å². The first-order valence-corrected chi connectivity index (χ1v) is 5.81. The molecule has 0 unspecified atom stereocenters. The van der Waals surface area contributed by atoms with Crippen LogP contribution in [0, 0.1) is 0 Å². The van der Waals surface area contributed by atoms with E-state index >= 15 is 0 Å². The quantitative estimate of drug-likeness (QED) is 0.846. The Hall–Kier alpha value is -1.48. The van der Waals surface area contributed by atoms with E-state index in [1.807, 2.05) is 49.5 Å². The molecule has 2 nitrogen and oxygen atoms in total. The van der Waals surface area contributed by atoms with Gasteiger partial charge in [-0.1, -0.05) is 18.2 Å². The van der Waals surface area contributed by atoms with Crippen molar-refractivity contribution in [1.82, 2.24) is 0 Å².